The van der Waals surface area contributed by atoms with Gasteiger partial charge in [0.1, 0.15) is 11.8 Å². The van der Waals surface area contributed by atoms with E-state index in [0.29, 0.717) is 22.9 Å². The molecule has 0 bridgehead atoms. The Morgan fingerprint density at radius 3 is 2.69 bits per heavy atom. The first-order valence-corrected chi connectivity index (χ1v) is 8.98. The second-order valence-electron chi connectivity index (χ2n) is 6.59. The molecule has 2 N–H and O–H groups in total. The van der Waals surface area contributed by atoms with Gasteiger partial charge in [-0.05, 0) is 29.8 Å². The molecule has 2 aromatic carbocycles. The molecule has 0 radical (unpaired) electrons. The van der Waals surface area contributed by atoms with Crippen LogP contribution in [0.1, 0.15) is 12.0 Å². The second kappa shape index (κ2) is 7.70. The molecule has 2 aromatic rings. The molecule has 29 heavy (non-hydrogen) atoms. The van der Waals surface area contributed by atoms with Gasteiger partial charge in [-0.15, -0.1) is 0 Å². The van der Waals surface area contributed by atoms with Crippen LogP contribution in [0.15, 0.2) is 42.5 Å². The zero-order valence-corrected chi connectivity index (χ0v) is 15.6. The zero-order valence-electron chi connectivity index (χ0n) is 15.6. The molecular weight excluding hydrogens is 378 g/mol. The molecule has 150 valence electrons. The van der Waals surface area contributed by atoms with Crippen molar-refractivity contribution < 1.29 is 28.6 Å². The van der Waals surface area contributed by atoms with E-state index in [9.17, 15) is 14.4 Å². The lowest BCUT2D eigenvalue weighted by Gasteiger charge is -2.13. The number of rotatable bonds is 6. The number of carbonyl (C=O) groups is 3. The number of ether oxygens (including phenoxy) is 3. The summed E-state index contributed by atoms with van der Waals surface area (Å²) in [6.45, 7) is 0.258. The lowest BCUT2D eigenvalue weighted by Crippen LogP contribution is -2.34. The topological polar surface area (TPSA) is 106 Å². The summed E-state index contributed by atoms with van der Waals surface area (Å²) in [5, 5.41) is 5.26. The number of nitrogens with one attached hydrogen (secondary N) is 2. The molecule has 0 aromatic heterocycles. The maximum atomic E-state index is 12.6. The van der Waals surface area contributed by atoms with Crippen molar-refractivity contribution in [3.63, 3.8) is 0 Å². The average molecular weight is 397 g/mol. The molecule has 1 atom stereocenters. The van der Waals surface area contributed by atoms with E-state index in [1.165, 1.54) is 0 Å². The first-order chi connectivity index (χ1) is 14.0. The molecule has 9 nitrogen and oxygen atoms in total. The third kappa shape index (κ3) is 3.93. The molecule has 2 heterocycles. The zero-order chi connectivity index (χ0) is 20.4. The number of urea groups is 1. The van der Waals surface area contributed by atoms with Crippen molar-refractivity contribution in [3.05, 3.63) is 48.0 Å². The van der Waals surface area contributed by atoms with Crippen molar-refractivity contribution in [2.75, 3.05) is 19.2 Å². The SMILES string of the molecule is COc1ccc(CN2C(=O)NC(CC(=O)Nc3ccc4c(c3)OCO4)C2=O)cc1. The van der Waals surface area contributed by atoms with Gasteiger partial charge in [0.2, 0.25) is 12.7 Å². The Hall–Kier alpha value is -3.75. The highest BCUT2D eigenvalue weighted by Gasteiger charge is 2.39. The van der Waals surface area contributed by atoms with E-state index in [0.717, 1.165) is 10.5 Å². The lowest BCUT2D eigenvalue weighted by molar-refractivity contribution is -0.130. The van der Waals surface area contributed by atoms with Gasteiger partial charge in [-0.2, -0.15) is 0 Å². The Labute approximate surface area is 166 Å². The first-order valence-electron chi connectivity index (χ1n) is 8.98. The molecule has 2 aliphatic heterocycles. The van der Waals surface area contributed by atoms with Gasteiger partial charge in [0.25, 0.3) is 5.91 Å². The van der Waals surface area contributed by atoms with E-state index in [4.69, 9.17) is 14.2 Å². The summed E-state index contributed by atoms with van der Waals surface area (Å²) in [7, 11) is 1.56. The monoisotopic (exact) mass is 397 g/mol. The van der Waals surface area contributed by atoms with Crippen LogP contribution in [0.5, 0.6) is 17.2 Å². The highest BCUT2D eigenvalue weighted by atomic mass is 16.7. The van der Waals surface area contributed by atoms with Crippen LogP contribution in [0.4, 0.5) is 10.5 Å². The Morgan fingerprint density at radius 2 is 1.93 bits per heavy atom. The van der Waals surface area contributed by atoms with Crippen molar-refractivity contribution in [3.8, 4) is 17.2 Å². The summed E-state index contributed by atoms with van der Waals surface area (Å²) in [5.74, 6) is 0.999. The van der Waals surface area contributed by atoms with Crippen molar-refractivity contribution in [1.29, 1.82) is 0 Å². The Kier molecular flexibility index (Phi) is 4.94. The number of methoxy groups -OCH3 is 1. The van der Waals surface area contributed by atoms with E-state index in [2.05, 4.69) is 10.6 Å². The van der Waals surface area contributed by atoms with Crippen LogP contribution in [0.25, 0.3) is 0 Å². The van der Waals surface area contributed by atoms with Gasteiger partial charge in [-0.1, -0.05) is 12.1 Å². The van der Waals surface area contributed by atoms with Crippen LogP contribution in [0.2, 0.25) is 0 Å². The van der Waals surface area contributed by atoms with E-state index >= 15 is 0 Å². The summed E-state index contributed by atoms with van der Waals surface area (Å²) >= 11 is 0. The molecule has 9 heteroatoms. The highest BCUT2D eigenvalue weighted by Crippen LogP contribution is 2.34. The number of hydrogen-bond donors (Lipinski definition) is 2. The quantitative estimate of drug-likeness (QED) is 0.721. The molecule has 2 aliphatic rings. The third-order valence-corrected chi connectivity index (χ3v) is 4.65. The summed E-state index contributed by atoms with van der Waals surface area (Å²) in [5.41, 5.74) is 1.30. The van der Waals surface area contributed by atoms with Gasteiger partial charge in [-0.3, -0.25) is 14.5 Å². The number of hydrogen-bond acceptors (Lipinski definition) is 6. The number of benzene rings is 2. The molecule has 4 rings (SSSR count). The lowest BCUT2D eigenvalue weighted by atomic mass is 10.1. The predicted octanol–water partition coefficient (Wildman–Crippen LogP) is 1.87. The minimum absolute atomic E-state index is 0.120. The van der Waals surface area contributed by atoms with Gasteiger partial charge < -0.3 is 24.8 Å². The van der Waals surface area contributed by atoms with Gasteiger partial charge in [0.05, 0.1) is 20.1 Å². The standard InChI is InChI=1S/C20H19N3O6/c1-27-14-5-2-12(3-6-14)10-23-19(25)15(22-20(23)26)9-18(24)21-13-4-7-16-17(8-13)29-11-28-16/h2-8,15H,9-11H2,1H3,(H,21,24)(H,22,26). The van der Waals surface area contributed by atoms with Crippen LogP contribution in [-0.2, 0) is 16.1 Å². The first kappa shape index (κ1) is 18.6. The van der Waals surface area contributed by atoms with E-state index in [1.807, 2.05) is 0 Å². The molecular formula is C20H19N3O6. The number of fused-ring (bicyclic) bond motifs is 1. The fraction of sp³-hybridized carbons (Fsp3) is 0.250. The van der Waals surface area contributed by atoms with Crippen LogP contribution in [-0.4, -0.2) is 42.7 Å². The maximum Gasteiger partial charge on any atom is 0.325 e. The number of imide groups is 1. The maximum absolute atomic E-state index is 12.6. The number of nitrogens with zero attached hydrogens (tertiary/aromatic N) is 1. The molecule has 4 amide bonds. The smallest absolute Gasteiger partial charge is 0.325 e. The minimum atomic E-state index is -0.908. The second-order valence-corrected chi connectivity index (χ2v) is 6.59. The fourth-order valence-corrected chi connectivity index (χ4v) is 3.15. The Morgan fingerprint density at radius 1 is 1.17 bits per heavy atom. The predicted molar refractivity (Wildman–Crippen MR) is 102 cm³/mol. The van der Waals surface area contributed by atoms with Crippen LogP contribution in [0, 0.1) is 0 Å². The van der Waals surface area contributed by atoms with E-state index in [1.54, 1.807) is 49.6 Å². The fourth-order valence-electron chi connectivity index (χ4n) is 3.15. The van der Waals surface area contributed by atoms with E-state index < -0.39 is 23.9 Å². The summed E-state index contributed by atoms with van der Waals surface area (Å²) in [4.78, 5) is 38.2. The van der Waals surface area contributed by atoms with E-state index in [-0.39, 0.29) is 19.8 Å². The molecule has 0 aliphatic carbocycles. The van der Waals surface area contributed by atoms with Gasteiger partial charge in [-0.25, -0.2) is 4.79 Å². The Bertz CT molecular complexity index is 959. The molecule has 1 saturated heterocycles. The molecule has 1 unspecified atom stereocenters. The molecule has 0 spiro atoms. The van der Waals surface area contributed by atoms with Crippen molar-refractivity contribution in [2.24, 2.45) is 0 Å². The van der Waals surface area contributed by atoms with Gasteiger partial charge in [0.15, 0.2) is 11.5 Å². The summed E-state index contributed by atoms with van der Waals surface area (Å²) in [6, 6.07) is 10.6. The summed E-state index contributed by atoms with van der Waals surface area (Å²) < 4.78 is 15.6. The van der Waals surface area contributed by atoms with Crippen LogP contribution < -0.4 is 24.8 Å². The largest absolute Gasteiger partial charge is 0.497 e. The molecule has 0 saturated carbocycles. The number of carbonyl (C=O) groups excluding carboxylic acids is 3. The van der Waals surface area contributed by atoms with Gasteiger partial charge >= 0.3 is 6.03 Å². The van der Waals surface area contributed by atoms with Crippen LogP contribution >= 0.6 is 0 Å². The van der Waals surface area contributed by atoms with Crippen molar-refractivity contribution in [1.82, 2.24) is 10.2 Å². The van der Waals surface area contributed by atoms with Crippen LogP contribution in [0.3, 0.4) is 0 Å². The van der Waals surface area contributed by atoms with Crippen molar-refractivity contribution in [2.45, 2.75) is 19.0 Å². The number of amides is 4. The molecule has 1 fully saturated rings. The third-order valence-electron chi connectivity index (χ3n) is 4.65. The van der Waals surface area contributed by atoms with Gasteiger partial charge in [0, 0.05) is 11.8 Å². The Balaban J connectivity index is 1.36. The highest BCUT2D eigenvalue weighted by molar-refractivity contribution is 6.06. The number of anilines is 1. The minimum Gasteiger partial charge on any atom is -0.497 e. The average Bonchev–Trinajstić information content (AvgIpc) is 3.28. The summed E-state index contributed by atoms with van der Waals surface area (Å²) in [6.07, 6.45) is -0.169. The van der Waals surface area contributed by atoms with Crippen molar-refractivity contribution >= 4 is 23.5 Å². The normalized spacial score (nSPS) is 17.3.